The minimum atomic E-state index is -3.59. The van der Waals surface area contributed by atoms with Crippen molar-refractivity contribution in [2.24, 2.45) is 11.3 Å². The van der Waals surface area contributed by atoms with Crippen LogP contribution < -0.4 is 5.32 Å². The molecule has 2 rings (SSSR count). The van der Waals surface area contributed by atoms with Crippen molar-refractivity contribution in [3.63, 3.8) is 0 Å². The molecule has 0 aromatic carbocycles. The zero-order chi connectivity index (χ0) is 21.3. The first-order valence-electron chi connectivity index (χ1n) is 9.94. The zero-order valence-corrected chi connectivity index (χ0v) is 18.5. The van der Waals surface area contributed by atoms with Crippen LogP contribution >= 0.6 is 0 Å². The topological polar surface area (TPSA) is 93.2 Å². The van der Waals surface area contributed by atoms with Crippen molar-refractivity contribution in [2.45, 2.75) is 77.8 Å². The van der Waals surface area contributed by atoms with Crippen LogP contribution in [0.1, 0.15) is 82.8 Å². The summed E-state index contributed by atoms with van der Waals surface area (Å²) in [6, 6.07) is 2.61. The third-order valence-electron chi connectivity index (χ3n) is 4.80. The van der Waals surface area contributed by atoms with Gasteiger partial charge in [0.2, 0.25) is 0 Å². The van der Waals surface area contributed by atoms with Gasteiger partial charge in [-0.1, -0.05) is 47.6 Å². The second-order valence-electron chi connectivity index (χ2n) is 9.13. The van der Waals surface area contributed by atoms with Gasteiger partial charge in [-0.2, -0.15) is 0 Å². The number of hydrogen-bond donors (Lipinski definition) is 1. The number of Topliss-reactive ketones (excluding diaryl/α,β-unsaturated/α-hetero) is 1. The zero-order valence-electron chi connectivity index (χ0n) is 17.7. The van der Waals surface area contributed by atoms with Crippen molar-refractivity contribution in [3.05, 3.63) is 23.4 Å². The van der Waals surface area contributed by atoms with Gasteiger partial charge in [-0.05, 0) is 41.7 Å². The Hall–Kier alpha value is -1.76. The van der Waals surface area contributed by atoms with Crippen LogP contribution in [-0.2, 0) is 14.6 Å². The second-order valence-corrected chi connectivity index (χ2v) is 11.1. The number of sulfone groups is 1. The SMILES string of the molecule is CCC(=O)[C@@H](NC(=O)c1ccc(C2CC2)c(S(=O)(=O)CC(C)C)n1)C(C)(C)C. The van der Waals surface area contributed by atoms with Crippen LogP contribution in [0.4, 0.5) is 0 Å². The Morgan fingerprint density at radius 2 is 1.82 bits per heavy atom. The van der Waals surface area contributed by atoms with E-state index in [2.05, 4.69) is 10.3 Å². The number of amides is 1. The summed E-state index contributed by atoms with van der Waals surface area (Å²) in [4.78, 5) is 29.4. The van der Waals surface area contributed by atoms with Crippen molar-refractivity contribution in [1.29, 1.82) is 0 Å². The van der Waals surface area contributed by atoms with Crippen LogP contribution in [0.2, 0.25) is 0 Å². The molecule has 1 atom stereocenters. The maximum atomic E-state index is 12.9. The van der Waals surface area contributed by atoms with Crippen LogP contribution in [0, 0.1) is 11.3 Å². The van der Waals surface area contributed by atoms with Gasteiger partial charge in [0.25, 0.3) is 5.91 Å². The molecule has 1 N–H and O–H groups in total. The number of aromatic nitrogens is 1. The Morgan fingerprint density at radius 1 is 1.21 bits per heavy atom. The summed E-state index contributed by atoms with van der Waals surface area (Å²) in [5.41, 5.74) is 0.280. The molecule has 0 aliphatic heterocycles. The molecular formula is C21H32N2O4S. The van der Waals surface area contributed by atoms with Gasteiger partial charge in [0.05, 0.1) is 11.8 Å². The van der Waals surface area contributed by atoms with Crippen LogP contribution in [0.3, 0.4) is 0 Å². The maximum absolute atomic E-state index is 12.9. The standard InChI is InChI=1S/C21H32N2O4S/c1-7-17(24)18(21(4,5)6)23-19(25)16-11-10-15(14-8-9-14)20(22-16)28(26,27)12-13(2)3/h10-11,13-14,18H,7-9,12H2,1-6H3,(H,23,25)/t18-/m1/s1. The molecule has 1 amide bonds. The van der Waals surface area contributed by atoms with Crippen LogP contribution in [0.15, 0.2) is 17.2 Å². The fourth-order valence-corrected chi connectivity index (χ4v) is 5.11. The summed E-state index contributed by atoms with van der Waals surface area (Å²) in [6.07, 6.45) is 2.19. The quantitative estimate of drug-likeness (QED) is 0.710. The minimum Gasteiger partial charge on any atom is -0.340 e. The molecule has 6 nitrogen and oxygen atoms in total. The monoisotopic (exact) mass is 408 g/mol. The lowest BCUT2D eigenvalue weighted by atomic mass is 9.83. The first-order chi connectivity index (χ1) is 12.9. The van der Waals surface area contributed by atoms with Crippen LogP contribution in [0.25, 0.3) is 0 Å². The van der Waals surface area contributed by atoms with Crippen molar-refractivity contribution >= 4 is 21.5 Å². The van der Waals surface area contributed by atoms with Crippen molar-refractivity contribution in [2.75, 3.05) is 5.75 Å². The lowest BCUT2D eigenvalue weighted by Crippen LogP contribution is -2.49. The molecule has 1 aliphatic carbocycles. The normalized spacial score (nSPS) is 16.1. The first-order valence-corrected chi connectivity index (χ1v) is 11.6. The van der Waals surface area contributed by atoms with E-state index in [1.54, 1.807) is 19.1 Å². The molecule has 0 spiro atoms. The van der Waals surface area contributed by atoms with Gasteiger partial charge in [0.15, 0.2) is 20.6 Å². The van der Waals surface area contributed by atoms with Crippen LogP contribution in [0.5, 0.6) is 0 Å². The second kappa shape index (κ2) is 8.31. The predicted octanol–water partition coefficient (Wildman–Crippen LogP) is 3.51. The van der Waals surface area contributed by atoms with E-state index in [9.17, 15) is 18.0 Å². The highest BCUT2D eigenvalue weighted by atomic mass is 32.2. The van der Waals surface area contributed by atoms with E-state index >= 15 is 0 Å². The number of pyridine rings is 1. The van der Waals surface area contributed by atoms with Crippen LogP contribution in [-0.4, -0.2) is 36.9 Å². The van der Waals surface area contributed by atoms with Crippen molar-refractivity contribution in [1.82, 2.24) is 10.3 Å². The molecule has 0 unspecified atom stereocenters. The highest BCUT2D eigenvalue weighted by Gasteiger charge is 2.35. The third kappa shape index (κ3) is 5.40. The molecule has 1 aliphatic rings. The summed E-state index contributed by atoms with van der Waals surface area (Å²) < 4.78 is 25.7. The third-order valence-corrected chi connectivity index (χ3v) is 6.82. The van der Waals surface area contributed by atoms with Gasteiger partial charge < -0.3 is 5.32 Å². The summed E-state index contributed by atoms with van der Waals surface area (Å²) in [5.74, 6) is -0.438. The number of carbonyl (C=O) groups is 2. The highest BCUT2D eigenvalue weighted by Crippen LogP contribution is 2.42. The Kier molecular flexibility index (Phi) is 6.69. The van der Waals surface area contributed by atoms with Gasteiger partial charge in [-0.25, -0.2) is 13.4 Å². The highest BCUT2D eigenvalue weighted by molar-refractivity contribution is 7.91. The molecule has 7 heteroatoms. The van der Waals surface area contributed by atoms with E-state index in [1.807, 2.05) is 34.6 Å². The lowest BCUT2D eigenvalue weighted by Gasteiger charge is -2.30. The molecular weight excluding hydrogens is 376 g/mol. The van der Waals surface area contributed by atoms with Gasteiger partial charge in [0, 0.05) is 6.42 Å². The average molecular weight is 409 g/mol. The summed E-state index contributed by atoms with van der Waals surface area (Å²) in [5, 5.41) is 2.78. The van der Waals surface area contributed by atoms with Crippen molar-refractivity contribution in [3.8, 4) is 0 Å². The predicted molar refractivity (Wildman–Crippen MR) is 109 cm³/mol. The number of nitrogens with one attached hydrogen (secondary N) is 1. The molecule has 156 valence electrons. The summed E-state index contributed by atoms with van der Waals surface area (Å²) >= 11 is 0. The van der Waals surface area contributed by atoms with E-state index in [1.165, 1.54) is 0 Å². The van der Waals surface area contributed by atoms with Gasteiger partial charge in [-0.3, -0.25) is 9.59 Å². The molecule has 1 aromatic heterocycles. The molecule has 1 fully saturated rings. The number of ketones is 1. The fraction of sp³-hybridized carbons (Fsp3) is 0.667. The Labute approximate surface area is 168 Å². The van der Waals surface area contributed by atoms with E-state index in [0.717, 1.165) is 12.8 Å². The molecule has 0 radical (unpaired) electrons. The van der Waals surface area contributed by atoms with E-state index in [-0.39, 0.29) is 34.1 Å². The molecule has 28 heavy (non-hydrogen) atoms. The Bertz CT molecular complexity index is 850. The van der Waals surface area contributed by atoms with Crippen molar-refractivity contribution < 1.29 is 18.0 Å². The molecule has 1 aromatic rings. The Balaban J connectivity index is 2.39. The van der Waals surface area contributed by atoms with E-state index < -0.39 is 27.2 Å². The summed E-state index contributed by atoms with van der Waals surface area (Å²) in [7, 11) is -3.59. The Morgan fingerprint density at radius 3 is 2.29 bits per heavy atom. The first kappa shape index (κ1) is 22.5. The largest absolute Gasteiger partial charge is 0.340 e. The molecule has 1 heterocycles. The smallest absolute Gasteiger partial charge is 0.270 e. The molecule has 0 saturated heterocycles. The molecule has 0 bridgehead atoms. The minimum absolute atomic E-state index is 0.0102. The summed E-state index contributed by atoms with van der Waals surface area (Å²) in [6.45, 7) is 11.1. The van der Waals surface area contributed by atoms with E-state index in [4.69, 9.17) is 0 Å². The maximum Gasteiger partial charge on any atom is 0.270 e. The van der Waals surface area contributed by atoms with Gasteiger partial charge in [-0.15, -0.1) is 0 Å². The number of carbonyl (C=O) groups excluding carboxylic acids is 2. The number of nitrogens with zero attached hydrogens (tertiary/aromatic N) is 1. The van der Waals surface area contributed by atoms with E-state index in [0.29, 0.717) is 12.0 Å². The fourth-order valence-electron chi connectivity index (χ4n) is 3.24. The van der Waals surface area contributed by atoms with Gasteiger partial charge >= 0.3 is 0 Å². The molecule has 1 saturated carbocycles. The lowest BCUT2D eigenvalue weighted by molar-refractivity contribution is -0.122. The van der Waals surface area contributed by atoms with Gasteiger partial charge in [0.1, 0.15) is 5.69 Å². The number of hydrogen-bond acceptors (Lipinski definition) is 5. The average Bonchev–Trinajstić information content (AvgIpc) is 3.41. The number of rotatable bonds is 8.